The van der Waals surface area contributed by atoms with E-state index in [1.165, 1.54) is 0 Å². The van der Waals surface area contributed by atoms with Crippen molar-refractivity contribution in [2.24, 2.45) is 0 Å². The Morgan fingerprint density at radius 2 is 2.06 bits per heavy atom. The Morgan fingerprint density at radius 3 is 2.76 bits per heavy atom. The minimum atomic E-state index is 0.530. The molecule has 2 aromatic heterocycles. The predicted octanol–water partition coefficient (Wildman–Crippen LogP) is 1.82. The zero-order valence-electron chi connectivity index (χ0n) is 9.54. The summed E-state index contributed by atoms with van der Waals surface area (Å²) in [6.07, 6.45) is 4.35. The number of nitrogens with two attached hydrogens (primary N) is 1. The molecule has 0 aromatic carbocycles. The second kappa shape index (κ2) is 5.96. The number of rotatable bonds is 5. The van der Waals surface area contributed by atoms with Crippen LogP contribution in [0.15, 0.2) is 42.7 Å². The molecule has 0 atom stereocenters. The second-order valence-corrected chi connectivity index (χ2v) is 3.71. The summed E-state index contributed by atoms with van der Waals surface area (Å²) in [5.74, 6) is 0.530. The van der Waals surface area contributed by atoms with Crippen LogP contribution in [-0.2, 0) is 17.8 Å². The van der Waals surface area contributed by atoms with Gasteiger partial charge in [-0.1, -0.05) is 12.1 Å². The van der Waals surface area contributed by atoms with E-state index in [1.54, 1.807) is 18.5 Å². The highest BCUT2D eigenvalue weighted by Crippen LogP contribution is 2.03. The van der Waals surface area contributed by atoms with Gasteiger partial charge in [0.2, 0.25) is 0 Å². The summed E-state index contributed by atoms with van der Waals surface area (Å²) in [4.78, 5) is 8.23. The number of ether oxygens (including phenoxy) is 1. The van der Waals surface area contributed by atoms with Crippen LogP contribution in [0.4, 0.5) is 5.82 Å². The fraction of sp³-hybridized carbons (Fsp3) is 0.231. The molecule has 0 spiro atoms. The lowest BCUT2D eigenvalue weighted by Crippen LogP contribution is -2.01. The van der Waals surface area contributed by atoms with Crippen LogP contribution in [0, 0.1) is 0 Å². The van der Waals surface area contributed by atoms with Gasteiger partial charge in [0.05, 0.1) is 13.2 Å². The Labute approximate surface area is 100 Å². The summed E-state index contributed by atoms with van der Waals surface area (Å²) in [7, 11) is 0. The Bertz CT molecular complexity index is 442. The van der Waals surface area contributed by atoms with E-state index in [-0.39, 0.29) is 0 Å². The van der Waals surface area contributed by atoms with E-state index in [1.807, 2.05) is 24.3 Å². The Hall–Kier alpha value is -1.94. The SMILES string of the molecule is Nc1ccc(COCCc2ccccn2)cn1. The van der Waals surface area contributed by atoms with E-state index in [9.17, 15) is 0 Å². The van der Waals surface area contributed by atoms with E-state index in [0.717, 1.165) is 17.7 Å². The number of nitrogens with zero attached hydrogens (tertiary/aromatic N) is 2. The van der Waals surface area contributed by atoms with Crippen LogP contribution in [-0.4, -0.2) is 16.6 Å². The third kappa shape index (κ3) is 3.85. The van der Waals surface area contributed by atoms with Gasteiger partial charge in [0.15, 0.2) is 0 Å². The third-order valence-corrected chi connectivity index (χ3v) is 2.35. The number of hydrogen-bond acceptors (Lipinski definition) is 4. The molecule has 0 aliphatic heterocycles. The van der Waals surface area contributed by atoms with Crippen molar-refractivity contribution in [1.82, 2.24) is 9.97 Å². The maximum atomic E-state index is 5.54. The average Bonchev–Trinajstić information content (AvgIpc) is 2.38. The quantitative estimate of drug-likeness (QED) is 0.794. The summed E-state index contributed by atoms with van der Waals surface area (Å²) in [6, 6.07) is 9.57. The van der Waals surface area contributed by atoms with Gasteiger partial charge in [-0.05, 0) is 23.8 Å². The van der Waals surface area contributed by atoms with Crippen molar-refractivity contribution in [1.29, 1.82) is 0 Å². The van der Waals surface area contributed by atoms with Crippen LogP contribution in [0.1, 0.15) is 11.3 Å². The Balaban J connectivity index is 1.71. The third-order valence-electron chi connectivity index (χ3n) is 2.35. The van der Waals surface area contributed by atoms with Crippen LogP contribution < -0.4 is 5.73 Å². The fourth-order valence-electron chi connectivity index (χ4n) is 1.43. The molecule has 0 radical (unpaired) electrons. The number of pyridine rings is 2. The molecule has 0 bridgehead atoms. The first kappa shape index (κ1) is 11.5. The molecule has 2 aromatic rings. The Morgan fingerprint density at radius 1 is 1.12 bits per heavy atom. The highest BCUT2D eigenvalue weighted by atomic mass is 16.5. The first-order valence-corrected chi connectivity index (χ1v) is 5.52. The largest absolute Gasteiger partial charge is 0.384 e. The zero-order valence-corrected chi connectivity index (χ0v) is 9.54. The number of anilines is 1. The average molecular weight is 229 g/mol. The number of nitrogen functional groups attached to an aromatic ring is 1. The van der Waals surface area contributed by atoms with Crippen LogP contribution in [0.25, 0.3) is 0 Å². The van der Waals surface area contributed by atoms with Crippen molar-refractivity contribution in [2.45, 2.75) is 13.0 Å². The van der Waals surface area contributed by atoms with Gasteiger partial charge >= 0.3 is 0 Å². The molecule has 4 heteroatoms. The molecule has 17 heavy (non-hydrogen) atoms. The van der Waals surface area contributed by atoms with Gasteiger partial charge in [0.25, 0.3) is 0 Å². The maximum absolute atomic E-state index is 5.54. The minimum Gasteiger partial charge on any atom is -0.384 e. The van der Waals surface area contributed by atoms with E-state index in [2.05, 4.69) is 9.97 Å². The summed E-state index contributed by atoms with van der Waals surface area (Å²) in [6.45, 7) is 1.21. The normalized spacial score (nSPS) is 10.4. The first-order chi connectivity index (χ1) is 8.34. The van der Waals surface area contributed by atoms with E-state index < -0.39 is 0 Å². The highest BCUT2D eigenvalue weighted by Gasteiger charge is 1.96. The topological polar surface area (TPSA) is 61.0 Å². The standard InChI is InChI=1S/C13H15N3O/c14-13-5-4-11(9-16-13)10-17-8-6-12-3-1-2-7-15-12/h1-5,7,9H,6,8,10H2,(H2,14,16). The van der Waals surface area contributed by atoms with Crippen LogP contribution in [0.3, 0.4) is 0 Å². The van der Waals surface area contributed by atoms with Gasteiger partial charge in [-0.15, -0.1) is 0 Å². The van der Waals surface area contributed by atoms with Gasteiger partial charge < -0.3 is 10.5 Å². The van der Waals surface area contributed by atoms with Crippen molar-refractivity contribution in [3.63, 3.8) is 0 Å². The predicted molar refractivity (Wildman–Crippen MR) is 66.2 cm³/mol. The molecule has 0 aliphatic rings. The minimum absolute atomic E-state index is 0.530. The highest BCUT2D eigenvalue weighted by molar-refractivity contribution is 5.28. The van der Waals surface area contributed by atoms with Crippen LogP contribution in [0.5, 0.6) is 0 Å². The lowest BCUT2D eigenvalue weighted by Gasteiger charge is -2.04. The Kier molecular flexibility index (Phi) is 4.05. The van der Waals surface area contributed by atoms with Crippen molar-refractivity contribution in [3.05, 3.63) is 54.0 Å². The fourth-order valence-corrected chi connectivity index (χ4v) is 1.43. The molecule has 0 amide bonds. The van der Waals surface area contributed by atoms with Crippen LogP contribution in [0.2, 0.25) is 0 Å². The second-order valence-electron chi connectivity index (χ2n) is 3.71. The molecule has 0 unspecified atom stereocenters. The van der Waals surface area contributed by atoms with Crippen molar-refractivity contribution in [2.75, 3.05) is 12.3 Å². The summed E-state index contributed by atoms with van der Waals surface area (Å²) in [5.41, 5.74) is 7.57. The number of hydrogen-bond donors (Lipinski definition) is 1. The lowest BCUT2D eigenvalue weighted by molar-refractivity contribution is 0.123. The molecule has 2 rings (SSSR count). The van der Waals surface area contributed by atoms with Gasteiger partial charge in [0.1, 0.15) is 5.82 Å². The molecule has 0 aliphatic carbocycles. The molecule has 88 valence electrons. The van der Waals surface area contributed by atoms with E-state index >= 15 is 0 Å². The van der Waals surface area contributed by atoms with Gasteiger partial charge in [0, 0.05) is 24.5 Å². The van der Waals surface area contributed by atoms with Crippen molar-refractivity contribution < 1.29 is 4.74 Å². The smallest absolute Gasteiger partial charge is 0.123 e. The lowest BCUT2D eigenvalue weighted by atomic mass is 10.3. The van der Waals surface area contributed by atoms with E-state index in [4.69, 9.17) is 10.5 Å². The molecule has 2 N–H and O–H groups in total. The van der Waals surface area contributed by atoms with Gasteiger partial charge in [-0.2, -0.15) is 0 Å². The summed E-state index contributed by atoms with van der Waals surface area (Å²) < 4.78 is 5.54. The summed E-state index contributed by atoms with van der Waals surface area (Å²) in [5, 5.41) is 0. The van der Waals surface area contributed by atoms with Crippen molar-refractivity contribution in [3.8, 4) is 0 Å². The molecule has 2 heterocycles. The van der Waals surface area contributed by atoms with Gasteiger partial charge in [-0.3, -0.25) is 4.98 Å². The first-order valence-electron chi connectivity index (χ1n) is 5.52. The van der Waals surface area contributed by atoms with Crippen molar-refractivity contribution >= 4 is 5.82 Å². The number of aromatic nitrogens is 2. The zero-order chi connectivity index (χ0) is 11.9. The molecule has 4 nitrogen and oxygen atoms in total. The molecule has 0 saturated heterocycles. The summed E-state index contributed by atoms with van der Waals surface area (Å²) >= 11 is 0. The van der Waals surface area contributed by atoms with Crippen LogP contribution >= 0.6 is 0 Å². The molecular formula is C13H15N3O. The monoisotopic (exact) mass is 229 g/mol. The van der Waals surface area contributed by atoms with Gasteiger partial charge in [-0.25, -0.2) is 4.98 Å². The van der Waals surface area contributed by atoms with E-state index in [0.29, 0.717) is 19.0 Å². The molecule has 0 fully saturated rings. The maximum Gasteiger partial charge on any atom is 0.123 e. The molecule has 0 saturated carbocycles. The molecular weight excluding hydrogens is 214 g/mol.